The van der Waals surface area contributed by atoms with Crippen LogP contribution < -0.4 is 15.8 Å². The monoisotopic (exact) mass is 367 g/mol. The summed E-state index contributed by atoms with van der Waals surface area (Å²) in [5, 5.41) is 2.53. The summed E-state index contributed by atoms with van der Waals surface area (Å²) in [6.45, 7) is 2.09. The number of sulfonamides is 1. The number of benzene rings is 1. The largest absolute Gasteiger partial charge is 0.398 e. The summed E-state index contributed by atoms with van der Waals surface area (Å²) in [5.41, 5.74) is 5.64. The van der Waals surface area contributed by atoms with E-state index in [1.165, 1.54) is 0 Å². The van der Waals surface area contributed by atoms with Crippen LogP contribution in [0.3, 0.4) is 0 Å². The van der Waals surface area contributed by atoms with Crippen molar-refractivity contribution < 1.29 is 17.6 Å². The van der Waals surface area contributed by atoms with Crippen LogP contribution in [0.15, 0.2) is 21.5 Å². The van der Waals surface area contributed by atoms with Crippen LogP contribution in [0.5, 0.6) is 0 Å². The van der Waals surface area contributed by atoms with Crippen LogP contribution in [0.25, 0.3) is 0 Å². The predicted octanol–water partition coefficient (Wildman–Crippen LogP) is 0.975. The molecule has 4 N–H and O–H groups in total. The Morgan fingerprint density at radius 2 is 2.10 bits per heavy atom. The van der Waals surface area contributed by atoms with Gasteiger partial charge in [0, 0.05) is 29.7 Å². The van der Waals surface area contributed by atoms with E-state index in [1.54, 1.807) is 6.92 Å². The van der Waals surface area contributed by atoms with Crippen LogP contribution in [0.1, 0.15) is 13.3 Å². The van der Waals surface area contributed by atoms with Gasteiger partial charge in [0.15, 0.2) is 0 Å². The van der Waals surface area contributed by atoms with Crippen molar-refractivity contribution in [3.8, 4) is 0 Å². The molecular formula is C11H15BrFN3O3S. The van der Waals surface area contributed by atoms with E-state index in [9.17, 15) is 17.6 Å². The normalized spacial score (nSPS) is 11.3. The molecule has 112 valence electrons. The summed E-state index contributed by atoms with van der Waals surface area (Å²) in [4.78, 5) is 10.6. The van der Waals surface area contributed by atoms with Crippen molar-refractivity contribution in [2.24, 2.45) is 0 Å². The summed E-state index contributed by atoms with van der Waals surface area (Å²) in [7, 11) is -4.05. The Labute approximate surface area is 125 Å². The van der Waals surface area contributed by atoms with Crippen LogP contribution in [0.2, 0.25) is 0 Å². The highest BCUT2D eigenvalue weighted by molar-refractivity contribution is 9.10. The molecule has 20 heavy (non-hydrogen) atoms. The minimum atomic E-state index is -4.05. The van der Waals surface area contributed by atoms with Gasteiger partial charge in [-0.2, -0.15) is 0 Å². The Kier molecular flexibility index (Phi) is 5.90. The third kappa shape index (κ3) is 4.43. The predicted molar refractivity (Wildman–Crippen MR) is 77.0 cm³/mol. The van der Waals surface area contributed by atoms with Gasteiger partial charge >= 0.3 is 0 Å². The van der Waals surface area contributed by atoms with Gasteiger partial charge in [-0.1, -0.05) is 0 Å². The number of halogens is 2. The fourth-order valence-electron chi connectivity index (χ4n) is 1.41. The third-order valence-electron chi connectivity index (χ3n) is 2.36. The molecule has 6 nitrogen and oxygen atoms in total. The first kappa shape index (κ1) is 16.9. The molecule has 0 aliphatic rings. The average Bonchev–Trinajstić information content (AvgIpc) is 2.33. The molecule has 0 heterocycles. The van der Waals surface area contributed by atoms with Crippen LogP contribution >= 0.6 is 15.9 Å². The smallest absolute Gasteiger partial charge is 0.243 e. The highest BCUT2D eigenvalue weighted by Gasteiger charge is 2.20. The van der Waals surface area contributed by atoms with Crippen molar-refractivity contribution >= 4 is 37.5 Å². The van der Waals surface area contributed by atoms with Crippen LogP contribution in [0, 0.1) is 5.82 Å². The molecule has 0 unspecified atom stereocenters. The van der Waals surface area contributed by atoms with Crippen LogP contribution in [-0.2, 0) is 14.8 Å². The number of nitrogens with one attached hydrogen (secondary N) is 2. The lowest BCUT2D eigenvalue weighted by Gasteiger charge is -2.09. The zero-order valence-corrected chi connectivity index (χ0v) is 13.1. The SMILES string of the molecule is CCNC(=O)CCNS(=O)(=O)c1cc(N)c(Br)cc1F. The first-order valence-electron chi connectivity index (χ1n) is 5.78. The maximum atomic E-state index is 13.6. The Hall–Kier alpha value is -1.19. The summed E-state index contributed by atoms with van der Waals surface area (Å²) in [6.07, 6.45) is -0.0271. The number of nitrogens with two attached hydrogens (primary N) is 1. The molecule has 0 radical (unpaired) electrons. The van der Waals surface area contributed by atoms with E-state index in [-0.39, 0.29) is 29.0 Å². The van der Waals surface area contributed by atoms with Crippen LogP contribution in [-0.4, -0.2) is 27.4 Å². The number of hydrogen-bond donors (Lipinski definition) is 3. The van der Waals surface area contributed by atoms with Gasteiger partial charge in [0.25, 0.3) is 0 Å². The molecule has 1 amide bonds. The first-order valence-corrected chi connectivity index (χ1v) is 8.06. The van der Waals surface area contributed by atoms with Gasteiger partial charge in [0.1, 0.15) is 10.7 Å². The molecular weight excluding hydrogens is 353 g/mol. The van der Waals surface area contributed by atoms with E-state index in [0.717, 1.165) is 12.1 Å². The Morgan fingerprint density at radius 1 is 1.45 bits per heavy atom. The van der Waals surface area contributed by atoms with Crippen molar-refractivity contribution in [1.29, 1.82) is 0 Å². The molecule has 0 atom stereocenters. The summed E-state index contributed by atoms with van der Waals surface area (Å²) in [5.74, 6) is -1.21. The molecule has 0 fully saturated rings. The molecule has 1 aromatic rings. The van der Waals surface area contributed by atoms with Crippen molar-refractivity contribution in [2.75, 3.05) is 18.8 Å². The summed E-state index contributed by atoms with van der Waals surface area (Å²) >= 11 is 3.00. The number of carbonyl (C=O) groups is 1. The average molecular weight is 368 g/mol. The van der Waals surface area contributed by atoms with Crippen LogP contribution in [0.4, 0.5) is 10.1 Å². The second kappa shape index (κ2) is 7.00. The highest BCUT2D eigenvalue weighted by Crippen LogP contribution is 2.25. The Morgan fingerprint density at radius 3 is 2.70 bits per heavy atom. The Balaban J connectivity index is 2.79. The molecule has 1 aromatic carbocycles. The molecule has 0 bridgehead atoms. The maximum Gasteiger partial charge on any atom is 0.243 e. The topological polar surface area (TPSA) is 101 Å². The number of anilines is 1. The van der Waals surface area contributed by atoms with Gasteiger partial charge in [-0.3, -0.25) is 4.79 Å². The zero-order chi connectivity index (χ0) is 15.3. The maximum absolute atomic E-state index is 13.6. The van der Waals surface area contributed by atoms with E-state index in [1.807, 2.05) is 0 Å². The molecule has 0 aliphatic heterocycles. The molecule has 0 aromatic heterocycles. The first-order chi connectivity index (χ1) is 9.27. The molecule has 1 rings (SSSR count). The second-order valence-electron chi connectivity index (χ2n) is 3.91. The fraction of sp³-hybridized carbons (Fsp3) is 0.364. The van der Waals surface area contributed by atoms with Crippen molar-refractivity contribution in [1.82, 2.24) is 10.0 Å². The van der Waals surface area contributed by atoms with Gasteiger partial charge in [0.2, 0.25) is 15.9 Å². The molecule has 0 saturated heterocycles. The molecule has 0 saturated carbocycles. The van der Waals surface area contributed by atoms with Gasteiger partial charge in [0.05, 0.1) is 0 Å². The van der Waals surface area contributed by atoms with Crippen molar-refractivity contribution in [2.45, 2.75) is 18.2 Å². The molecule has 0 aliphatic carbocycles. The number of nitrogen functional groups attached to an aromatic ring is 1. The van der Waals surface area contributed by atoms with Gasteiger partial charge in [-0.15, -0.1) is 0 Å². The number of carbonyl (C=O) groups excluding carboxylic acids is 1. The second-order valence-corrected chi connectivity index (χ2v) is 6.50. The standard InChI is InChI=1S/C11H15BrFN3O3S/c1-2-15-11(17)3-4-16-20(18,19)10-6-9(14)7(12)5-8(10)13/h5-6,16H,2-4,14H2,1H3,(H,15,17). The molecule has 0 spiro atoms. The van der Waals surface area contributed by atoms with E-state index in [2.05, 4.69) is 26.0 Å². The quantitative estimate of drug-likeness (QED) is 0.652. The lowest BCUT2D eigenvalue weighted by molar-refractivity contribution is -0.120. The Bertz CT molecular complexity index is 607. The lowest BCUT2D eigenvalue weighted by Crippen LogP contribution is -2.31. The molecule has 9 heteroatoms. The lowest BCUT2D eigenvalue weighted by atomic mass is 10.3. The number of hydrogen-bond acceptors (Lipinski definition) is 4. The highest BCUT2D eigenvalue weighted by atomic mass is 79.9. The van der Waals surface area contributed by atoms with Gasteiger partial charge in [-0.25, -0.2) is 17.5 Å². The number of amides is 1. The van der Waals surface area contributed by atoms with Crippen molar-refractivity contribution in [3.63, 3.8) is 0 Å². The van der Waals surface area contributed by atoms with Gasteiger partial charge < -0.3 is 11.1 Å². The van der Waals surface area contributed by atoms with Crippen molar-refractivity contribution in [3.05, 3.63) is 22.4 Å². The minimum Gasteiger partial charge on any atom is -0.398 e. The van der Waals surface area contributed by atoms with Gasteiger partial charge in [-0.05, 0) is 35.0 Å². The third-order valence-corrected chi connectivity index (χ3v) is 4.52. The fourth-order valence-corrected chi connectivity index (χ4v) is 2.85. The van der Waals surface area contributed by atoms with E-state index >= 15 is 0 Å². The summed E-state index contributed by atoms with van der Waals surface area (Å²) < 4.78 is 39.9. The zero-order valence-electron chi connectivity index (χ0n) is 10.7. The van der Waals surface area contributed by atoms with E-state index < -0.39 is 20.7 Å². The van der Waals surface area contributed by atoms with E-state index in [0.29, 0.717) is 6.54 Å². The minimum absolute atomic E-state index is 0.0271. The number of rotatable bonds is 6. The van der Waals surface area contributed by atoms with E-state index in [4.69, 9.17) is 5.73 Å². The summed E-state index contributed by atoms with van der Waals surface area (Å²) in [6, 6.07) is 2.00.